The Hall–Kier alpha value is -0.860. The lowest BCUT2D eigenvalue weighted by atomic mass is 9.61. The summed E-state index contributed by atoms with van der Waals surface area (Å²) >= 11 is 0. The Bertz CT molecular complexity index is 463. The first-order chi connectivity index (χ1) is 10.1. The van der Waals surface area contributed by atoms with Gasteiger partial charge in [-0.15, -0.1) is 0 Å². The molecule has 1 saturated carbocycles. The van der Waals surface area contributed by atoms with Gasteiger partial charge in [0.2, 0.25) is 0 Å². The molecular weight excluding hydrogens is 258 g/mol. The quantitative estimate of drug-likeness (QED) is 0.891. The second-order valence-corrected chi connectivity index (χ2v) is 7.37. The highest BCUT2D eigenvalue weighted by Crippen LogP contribution is 2.51. The Labute approximate surface area is 128 Å². The van der Waals surface area contributed by atoms with Gasteiger partial charge in [-0.3, -0.25) is 0 Å². The van der Waals surface area contributed by atoms with Gasteiger partial charge in [-0.05, 0) is 55.6 Å². The molecular formula is C19H29NO. The smallest absolute Gasteiger partial charge is 0.0722 e. The van der Waals surface area contributed by atoms with E-state index in [-0.39, 0.29) is 5.41 Å². The minimum atomic E-state index is -0.564. The van der Waals surface area contributed by atoms with Crippen molar-refractivity contribution in [1.82, 2.24) is 0 Å². The zero-order valence-electron chi connectivity index (χ0n) is 13.3. The summed E-state index contributed by atoms with van der Waals surface area (Å²) in [5.41, 5.74) is 8.29. The van der Waals surface area contributed by atoms with Gasteiger partial charge in [-0.2, -0.15) is 0 Å². The first-order valence-electron chi connectivity index (χ1n) is 8.62. The third-order valence-electron chi connectivity index (χ3n) is 6.18. The summed E-state index contributed by atoms with van der Waals surface area (Å²) in [6.07, 6.45) is 8.68. The molecule has 3 N–H and O–H groups in total. The predicted molar refractivity (Wildman–Crippen MR) is 87.2 cm³/mol. The molecule has 0 radical (unpaired) electrons. The number of fused-ring (bicyclic) bond motifs is 1. The Kier molecular flexibility index (Phi) is 4.11. The molecule has 0 amide bonds. The van der Waals surface area contributed by atoms with Crippen LogP contribution in [-0.4, -0.2) is 17.3 Å². The molecule has 21 heavy (non-hydrogen) atoms. The van der Waals surface area contributed by atoms with E-state index in [2.05, 4.69) is 31.2 Å². The van der Waals surface area contributed by atoms with Crippen molar-refractivity contribution < 1.29 is 5.11 Å². The number of hydrogen-bond acceptors (Lipinski definition) is 2. The Balaban J connectivity index is 1.79. The lowest BCUT2D eigenvalue weighted by Crippen LogP contribution is -2.55. The van der Waals surface area contributed by atoms with Gasteiger partial charge in [-0.25, -0.2) is 0 Å². The number of nitrogens with two attached hydrogens (primary N) is 1. The fourth-order valence-corrected chi connectivity index (χ4v) is 4.74. The molecule has 0 bridgehead atoms. The van der Waals surface area contributed by atoms with Crippen LogP contribution in [0.4, 0.5) is 0 Å². The van der Waals surface area contributed by atoms with Crippen LogP contribution in [-0.2, 0) is 12.8 Å². The highest BCUT2D eigenvalue weighted by molar-refractivity contribution is 5.36. The lowest BCUT2D eigenvalue weighted by molar-refractivity contribution is -0.110. The van der Waals surface area contributed by atoms with Crippen molar-refractivity contribution in [3.8, 4) is 0 Å². The highest BCUT2D eigenvalue weighted by Gasteiger charge is 2.53. The van der Waals surface area contributed by atoms with Crippen LogP contribution in [0.15, 0.2) is 24.3 Å². The second kappa shape index (κ2) is 5.73. The van der Waals surface area contributed by atoms with Crippen LogP contribution in [0.25, 0.3) is 0 Å². The molecule has 2 heteroatoms. The van der Waals surface area contributed by atoms with Gasteiger partial charge < -0.3 is 10.8 Å². The van der Waals surface area contributed by atoms with Crippen molar-refractivity contribution in [2.75, 3.05) is 6.54 Å². The maximum atomic E-state index is 11.4. The lowest BCUT2D eigenvalue weighted by Gasteiger charge is -2.48. The van der Waals surface area contributed by atoms with Crippen molar-refractivity contribution in [2.45, 2.75) is 63.9 Å². The van der Waals surface area contributed by atoms with Crippen LogP contribution in [0.1, 0.15) is 56.6 Å². The molecule has 1 fully saturated rings. The maximum absolute atomic E-state index is 11.4. The number of hydrogen-bond donors (Lipinski definition) is 2. The summed E-state index contributed by atoms with van der Waals surface area (Å²) in [5.74, 6) is 0.814. The molecule has 2 nitrogen and oxygen atoms in total. The SMILES string of the molecule is CCCC1CCC(O)(C2(CN)Cc3ccccc3C2)CC1. The fourth-order valence-electron chi connectivity index (χ4n) is 4.74. The van der Waals surface area contributed by atoms with Crippen molar-refractivity contribution in [3.05, 3.63) is 35.4 Å². The molecule has 116 valence electrons. The third-order valence-corrected chi connectivity index (χ3v) is 6.18. The normalized spacial score (nSPS) is 31.1. The molecule has 0 aliphatic heterocycles. The third kappa shape index (κ3) is 2.53. The summed E-state index contributed by atoms with van der Waals surface area (Å²) in [6.45, 7) is 2.85. The second-order valence-electron chi connectivity index (χ2n) is 7.37. The first-order valence-corrected chi connectivity index (χ1v) is 8.62. The van der Waals surface area contributed by atoms with E-state index in [0.717, 1.165) is 31.6 Å². The summed E-state index contributed by atoms with van der Waals surface area (Å²) in [5, 5.41) is 11.4. The Morgan fingerprint density at radius 3 is 2.19 bits per heavy atom. The van der Waals surface area contributed by atoms with Crippen molar-refractivity contribution >= 4 is 0 Å². The van der Waals surface area contributed by atoms with Gasteiger partial charge in [-0.1, -0.05) is 44.0 Å². The van der Waals surface area contributed by atoms with E-state index < -0.39 is 5.60 Å². The van der Waals surface area contributed by atoms with E-state index in [1.165, 1.54) is 36.8 Å². The van der Waals surface area contributed by atoms with E-state index in [9.17, 15) is 5.11 Å². The molecule has 2 aliphatic rings. The van der Waals surface area contributed by atoms with E-state index in [4.69, 9.17) is 5.73 Å². The minimum Gasteiger partial charge on any atom is -0.389 e. The van der Waals surface area contributed by atoms with E-state index in [1.807, 2.05) is 0 Å². The zero-order valence-corrected chi connectivity index (χ0v) is 13.3. The molecule has 2 aliphatic carbocycles. The van der Waals surface area contributed by atoms with Crippen LogP contribution in [0, 0.1) is 11.3 Å². The van der Waals surface area contributed by atoms with E-state index in [1.54, 1.807) is 0 Å². The number of rotatable bonds is 4. The molecule has 0 saturated heterocycles. The molecule has 0 heterocycles. The Morgan fingerprint density at radius 1 is 1.14 bits per heavy atom. The standard InChI is InChI=1S/C19H29NO/c1-2-5-15-8-10-19(21,11-9-15)18(14-20)12-16-6-3-4-7-17(16)13-18/h3-4,6-7,15,21H,2,5,8-14,20H2,1H3. The van der Waals surface area contributed by atoms with Gasteiger partial charge in [0.15, 0.2) is 0 Å². The summed E-state index contributed by atoms with van der Waals surface area (Å²) in [6, 6.07) is 8.62. The van der Waals surface area contributed by atoms with Gasteiger partial charge in [0.05, 0.1) is 5.60 Å². The molecule has 0 unspecified atom stereocenters. The molecule has 1 aromatic carbocycles. The predicted octanol–water partition coefficient (Wildman–Crippen LogP) is 3.45. The molecule has 0 aromatic heterocycles. The summed E-state index contributed by atoms with van der Waals surface area (Å²) in [7, 11) is 0. The van der Waals surface area contributed by atoms with Crippen molar-refractivity contribution in [2.24, 2.45) is 17.1 Å². The van der Waals surface area contributed by atoms with Crippen LogP contribution < -0.4 is 5.73 Å². The molecule has 0 atom stereocenters. The van der Waals surface area contributed by atoms with Gasteiger partial charge >= 0.3 is 0 Å². The zero-order chi connectivity index (χ0) is 14.9. The van der Waals surface area contributed by atoms with E-state index >= 15 is 0 Å². The van der Waals surface area contributed by atoms with Crippen molar-refractivity contribution in [3.63, 3.8) is 0 Å². The van der Waals surface area contributed by atoms with Crippen LogP contribution in [0.2, 0.25) is 0 Å². The molecule has 1 aromatic rings. The highest BCUT2D eigenvalue weighted by atomic mass is 16.3. The van der Waals surface area contributed by atoms with Gasteiger partial charge in [0.1, 0.15) is 0 Å². The van der Waals surface area contributed by atoms with Crippen LogP contribution >= 0.6 is 0 Å². The molecule has 0 spiro atoms. The largest absolute Gasteiger partial charge is 0.389 e. The van der Waals surface area contributed by atoms with Crippen LogP contribution in [0.3, 0.4) is 0 Å². The summed E-state index contributed by atoms with van der Waals surface area (Å²) in [4.78, 5) is 0. The average molecular weight is 287 g/mol. The van der Waals surface area contributed by atoms with Gasteiger partial charge in [0.25, 0.3) is 0 Å². The van der Waals surface area contributed by atoms with Crippen LogP contribution in [0.5, 0.6) is 0 Å². The Morgan fingerprint density at radius 2 is 1.71 bits per heavy atom. The number of benzene rings is 1. The number of aliphatic hydroxyl groups is 1. The van der Waals surface area contributed by atoms with Gasteiger partial charge in [0, 0.05) is 12.0 Å². The fraction of sp³-hybridized carbons (Fsp3) is 0.684. The summed E-state index contributed by atoms with van der Waals surface area (Å²) < 4.78 is 0. The van der Waals surface area contributed by atoms with E-state index in [0.29, 0.717) is 6.54 Å². The van der Waals surface area contributed by atoms with Crippen molar-refractivity contribution in [1.29, 1.82) is 0 Å². The minimum absolute atomic E-state index is 0.131. The first kappa shape index (κ1) is 15.1. The topological polar surface area (TPSA) is 46.2 Å². The average Bonchev–Trinajstić information content (AvgIpc) is 2.90. The monoisotopic (exact) mass is 287 g/mol. The molecule has 3 rings (SSSR count). The maximum Gasteiger partial charge on any atom is 0.0722 e.